The van der Waals surface area contributed by atoms with Gasteiger partial charge >= 0.3 is 0 Å². The molecule has 2 rings (SSSR count). The van der Waals surface area contributed by atoms with E-state index in [1.807, 2.05) is 6.07 Å². The molecule has 1 unspecified atom stereocenters. The van der Waals surface area contributed by atoms with Crippen LogP contribution in [-0.4, -0.2) is 9.97 Å². The minimum Gasteiger partial charge on any atom is -0.322 e. The van der Waals surface area contributed by atoms with Gasteiger partial charge in [-0.2, -0.15) is 0 Å². The molecule has 0 radical (unpaired) electrons. The van der Waals surface area contributed by atoms with Crippen molar-refractivity contribution in [2.24, 2.45) is 5.73 Å². The van der Waals surface area contributed by atoms with E-state index in [9.17, 15) is 0 Å². The Hall–Kier alpha value is -1.74. The van der Waals surface area contributed by atoms with Gasteiger partial charge in [-0.15, -0.1) is 0 Å². The first-order valence-corrected chi connectivity index (χ1v) is 5.74. The Morgan fingerprint density at radius 1 is 1.24 bits per heavy atom. The highest BCUT2D eigenvalue weighted by Crippen LogP contribution is 2.17. The first-order valence-electron chi connectivity index (χ1n) is 5.74. The van der Waals surface area contributed by atoms with Gasteiger partial charge in [0.1, 0.15) is 6.33 Å². The molecule has 1 atom stereocenters. The standard InChI is InChI=1S/C14H17N3/c1-10-3-4-11(2)12(7-10)8-13(15)14-5-6-16-9-17-14/h3-7,9,13H,8,15H2,1-2H3. The maximum Gasteiger partial charge on any atom is 0.115 e. The SMILES string of the molecule is Cc1ccc(C)c(CC(N)c2ccncn2)c1. The number of rotatable bonds is 3. The molecule has 2 N–H and O–H groups in total. The van der Waals surface area contributed by atoms with Crippen LogP contribution in [0.3, 0.4) is 0 Å². The third kappa shape index (κ3) is 2.88. The number of aromatic nitrogens is 2. The second-order valence-electron chi connectivity index (χ2n) is 4.37. The van der Waals surface area contributed by atoms with E-state index < -0.39 is 0 Å². The van der Waals surface area contributed by atoms with Crippen LogP contribution in [0.5, 0.6) is 0 Å². The van der Waals surface area contributed by atoms with Gasteiger partial charge in [0, 0.05) is 6.20 Å². The lowest BCUT2D eigenvalue weighted by atomic mass is 9.98. The predicted octanol–water partition coefficient (Wildman–Crippen LogP) is 2.34. The van der Waals surface area contributed by atoms with Crippen molar-refractivity contribution in [1.82, 2.24) is 9.97 Å². The molecule has 0 aliphatic rings. The van der Waals surface area contributed by atoms with E-state index in [0.29, 0.717) is 0 Å². The van der Waals surface area contributed by atoms with Crippen LogP contribution in [0, 0.1) is 13.8 Å². The normalized spacial score (nSPS) is 12.4. The van der Waals surface area contributed by atoms with Gasteiger partial charge in [0.15, 0.2) is 0 Å². The van der Waals surface area contributed by atoms with Crippen LogP contribution in [0.2, 0.25) is 0 Å². The molecule has 2 aromatic rings. The van der Waals surface area contributed by atoms with Crippen molar-refractivity contribution in [2.45, 2.75) is 26.3 Å². The molecule has 1 heterocycles. The molecule has 0 fully saturated rings. The highest BCUT2D eigenvalue weighted by Gasteiger charge is 2.09. The van der Waals surface area contributed by atoms with Crippen molar-refractivity contribution in [2.75, 3.05) is 0 Å². The van der Waals surface area contributed by atoms with E-state index in [1.165, 1.54) is 23.0 Å². The van der Waals surface area contributed by atoms with Gasteiger partial charge in [-0.25, -0.2) is 9.97 Å². The molecule has 0 bridgehead atoms. The van der Waals surface area contributed by atoms with Crippen molar-refractivity contribution in [3.63, 3.8) is 0 Å². The van der Waals surface area contributed by atoms with E-state index in [0.717, 1.165) is 12.1 Å². The fourth-order valence-electron chi connectivity index (χ4n) is 1.88. The summed E-state index contributed by atoms with van der Waals surface area (Å²) in [5.74, 6) is 0. The molecular weight excluding hydrogens is 210 g/mol. The van der Waals surface area contributed by atoms with E-state index in [-0.39, 0.29) is 6.04 Å². The van der Waals surface area contributed by atoms with Crippen LogP contribution < -0.4 is 5.73 Å². The largest absolute Gasteiger partial charge is 0.322 e. The van der Waals surface area contributed by atoms with Crippen LogP contribution in [-0.2, 0) is 6.42 Å². The molecule has 0 aliphatic carbocycles. The summed E-state index contributed by atoms with van der Waals surface area (Å²) in [5.41, 5.74) is 10.9. The van der Waals surface area contributed by atoms with E-state index >= 15 is 0 Å². The summed E-state index contributed by atoms with van der Waals surface area (Å²) >= 11 is 0. The topological polar surface area (TPSA) is 51.8 Å². The van der Waals surface area contributed by atoms with Crippen molar-refractivity contribution in [1.29, 1.82) is 0 Å². The third-order valence-corrected chi connectivity index (χ3v) is 2.93. The smallest absolute Gasteiger partial charge is 0.115 e. The van der Waals surface area contributed by atoms with Crippen molar-refractivity contribution in [3.8, 4) is 0 Å². The number of benzene rings is 1. The zero-order valence-corrected chi connectivity index (χ0v) is 10.2. The average molecular weight is 227 g/mol. The summed E-state index contributed by atoms with van der Waals surface area (Å²) < 4.78 is 0. The maximum atomic E-state index is 6.16. The fraction of sp³-hybridized carbons (Fsp3) is 0.286. The molecule has 0 saturated heterocycles. The molecule has 0 aliphatic heterocycles. The van der Waals surface area contributed by atoms with Crippen LogP contribution in [0.25, 0.3) is 0 Å². The monoisotopic (exact) mass is 227 g/mol. The van der Waals surface area contributed by atoms with E-state index in [2.05, 4.69) is 42.0 Å². The molecule has 0 saturated carbocycles. The number of hydrogen-bond donors (Lipinski definition) is 1. The van der Waals surface area contributed by atoms with E-state index in [1.54, 1.807) is 6.20 Å². The van der Waals surface area contributed by atoms with Gasteiger partial charge in [0.25, 0.3) is 0 Å². The van der Waals surface area contributed by atoms with Crippen LogP contribution in [0.1, 0.15) is 28.4 Å². The average Bonchev–Trinajstić information content (AvgIpc) is 2.35. The van der Waals surface area contributed by atoms with Crippen molar-refractivity contribution >= 4 is 0 Å². The highest BCUT2D eigenvalue weighted by molar-refractivity contribution is 5.31. The van der Waals surface area contributed by atoms with Gasteiger partial charge < -0.3 is 5.73 Å². The summed E-state index contributed by atoms with van der Waals surface area (Å²) in [6, 6.07) is 8.25. The van der Waals surface area contributed by atoms with Crippen LogP contribution in [0.4, 0.5) is 0 Å². The lowest BCUT2D eigenvalue weighted by Gasteiger charge is -2.13. The zero-order chi connectivity index (χ0) is 12.3. The zero-order valence-electron chi connectivity index (χ0n) is 10.2. The second-order valence-corrected chi connectivity index (χ2v) is 4.37. The molecule has 1 aromatic heterocycles. The lowest BCUT2D eigenvalue weighted by molar-refractivity contribution is 0.690. The number of hydrogen-bond acceptors (Lipinski definition) is 3. The Morgan fingerprint density at radius 2 is 2.06 bits per heavy atom. The third-order valence-electron chi connectivity index (χ3n) is 2.93. The minimum absolute atomic E-state index is 0.0708. The molecule has 88 valence electrons. The summed E-state index contributed by atoms with van der Waals surface area (Å²) in [5, 5.41) is 0. The number of nitrogens with zero attached hydrogens (tertiary/aromatic N) is 2. The van der Waals surface area contributed by atoms with Crippen LogP contribution in [0.15, 0.2) is 36.8 Å². The predicted molar refractivity (Wildman–Crippen MR) is 68.6 cm³/mol. The lowest BCUT2D eigenvalue weighted by Crippen LogP contribution is -2.15. The summed E-state index contributed by atoms with van der Waals surface area (Å²) in [7, 11) is 0. The Bertz CT molecular complexity index is 494. The van der Waals surface area contributed by atoms with Gasteiger partial charge in [-0.05, 0) is 37.5 Å². The summed E-state index contributed by atoms with van der Waals surface area (Å²) in [4.78, 5) is 8.09. The molecule has 3 nitrogen and oxygen atoms in total. The molecule has 0 amide bonds. The van der Waals surface area contributed by atoms with Gasteiger partial charge in [0.05, 0.1) is 11.7 Å². The summed E-state index contributed by atoms with van der Waals surface area (Å²) in [6.45, 7) is 4.21. The summed E-state index contributed by atoms with van der Waals surface area (Å²) in [6.07, 6.45) is 4.08. The highest BCUT2D eigenvalue weighted by atomic mass is 14.8. The van der Waals surface area contributed by atoms with Crippen LogP contribution >= 0.6 is 0 Å². The fourth-order valence-corrected chi connectivity index (χ4v) is 1.88. The Balaban J connectivity index is 2.18. The van der Waals surface area contributed by atoms with Gasteiger partial charge in [0.2, 0.25) is 0 Å². The molecule has 0 spiro atoms. The molecule has 1 aromatic carbocycles. The molecule has 3 heteroatoms. The Kier molecular flexibility index (Phi) is 3.49. The van der Waals surface area contributed by atoms with Crippen molar-refractivity contribution < 1.29 is 0 Å². The minimum atomic E-state index is -0.0708. The maximum absolute atomic E-state index is 6.16. The molecular formula is C14H17N3. The Morgan fingerprint density at radius 3 is 2.76 bits per heavy atom. The Labute approximate surface area is 102 Å². The molecule has 17 heavy (non-hydrogen) atoms. The van der Waals surface area contributed by atoms with Crippen molar-refractivity contribution in [3.05, 3.63) is 59.2 Å². The first-order chi connectivity index (χ1) is 8.16. The van der Waals surface area contributed by atoms with Gasteiger partial charge in [-0.3, -0.25) is 0 Å². The quantitative estimate of drug-likeness (QED) is 0.875. The first kappa shape index (κ1) is 11.7. The number of nitrogens with two attached hydrogens (primary N) is 1. The second kappa shape index (κ2) is 5.06. The van der Waals surface area contributed by atoms with Gasteiger partial charge in [-0.1, -0.05) is 23.8 Å². The van der Waals surface area contributed by atoms with E-state index in [4.69, 9.17) is 5.73 Å². The number of aryl methyl sites for hydroxylation is 2.